The van der Waals surface area contributed by atoms with Gasteiger partial charge in [0.2, 0.25) is 5.88 Å². The first-order chi connectivity index (χ1) is 6.95. The summed E-state index contributed by atoms with van der Waals surface area (Å²) in [5.41, 5.74) is 0.124. The van der Waals surface area contributed by atoms with Crippen LogP contribution in [0.3, 0.4) is 0 Å². The lowest BCUT2D eigenvalue weighted by molar-refractivity contribution is -0.146. The molecule has 0 aliphatic carbocycles. The first kappa shape index (κ1) is 11.5. The van der Waals surface area contributed by atoms with Gasteiger partial charge in [0.15, 0.2) is 0 Å². The molecule has 0 aromatic carbocycles. The minimum absolute atomic E-state index is 0.458. The zero-order valence-electron chi connectivity index (χ0n) is 9.15. The molecule has 0 fully saturated rings. The molecule has 0 atom stereocenters. The van der Waals surface area contributed by atoms with Crippen molar-refractivity contribution in [3.05, 3.63) is 23.9 Å². The number of aromatic nitrogens is 1. The normalized spacial score (nSPS) is 11.1. The molecular weight excluding hydrogens is 194 g/mol. The molecule has 1 heterocycles. The van der Waals surface area contributed by atoms with E-state index in [4.69, 9.17) is 9.84 Å². The molecule has 1 aromatic rings. The first-order valence-electron chi connectivity index (χ1n) is 4.68. The van der Waals surface area contributed by atoms with Crippen LogP contribution in [0.4, 0.5) is 0 Å². The molecule has 82 valence electrons. The van der Waals surface area contributed by atoms with E-state index in [0.717, 1.165) is 5.56 Å². The third-order valence-electron chi connectivity index (χ3n) is 2.23. The Morgan fingerprint density at radius 1 is 1.53 bits per heavy atom. The van der Waals surface area contributed by atoms with Gasteiger partial charge in [-0.05, 0) is 25.8 Å². The van der Waals surface area contributed by atoms with E-state index in [-0.39, 0.29) is 0 Å². The van der Waals surface area contributed by atoms with Gasteiger partial charge in [0.1, 0.15) is 0 Å². The highest BCUT2D eigenvalue weighted by atomic mass is 16.5. The maximum Gasteiger partial charge on any atom is 0.309 e. The summed E-state index contributed by atoms with van der Waals surface area (Å²) in [7, 11) is 1.54. The largest absolute Gasteiger partial charge is 0.481 e. The van der Waals surface area contributed by atoms with Crippen LogP contribution in [0.1, 0.15) is 19.4 Å². The molecule has 1 rings (SSSR count). The molecule has 0 unspecified atom stereocenters. The monoisotopic (exact) mass is 209 g/mol. The summed E-state index contributed by atoms with van der Waals surface area (Å²) in [6.45, 7) is 3.39. The van der Waals surface area contributed by atoms with Crippen molar-refractivity contribution in [3.8, 4) is 5.88 Å². The van der Waals surface area contributed by atoms with Gasteiger partial charge >= 0.3 is 5.97 Å². The Kier molecular flexibility index (Phi) is 3.29. The average Bonchev–Trinajstić information content (AvgIpc) is 2.18. The number of methoxy groups -OCH3 is 1. The lowest BCUT2D eigenvalue weighted by atomic mass is 9.86. The Morgan fingerprint density at radius 2 is 2.20 bits per heavy atom. The number of carboxylic acids is 1. The summed E-state index contributed by atoms with van der Waals surface area (Å²) in [5, 5.41) is 8.96. The van der Waals surface area contributed by atoms with E-state index in [2.05, 4.69) is 4.98 Å². The van der Waals surface area contributed by atoms with Gasteiger partial charge in [-0.3, -0.25) is 4.79 Å². The molecule has 1 aromatic heterocycles. The standard InChI is InChI=1S/C11H15NO3/c1-11(2,10(13)14)6-8-4-5-9(15-3)12-7-8/h4-5,7H,6H2,1-3H3,(H,13,14). The van der Waals surface area contributed by atoms with E-state index in [0.29, 0.717) is 12.3 Å². The minimum Gasteiger partial charge on any atom is -0.481 e. The van der Waals surface area contributed by atoms with Gasteiger partial charge in [-0.15, -0.1) is 0 Å². The van der Waals surface area contributed by atoms with Crippen LogP contribution in [-0.2, 0) is 11.2 Å². The third kappa shape index (κ3) is 2.94. The number of pyridine rings is 1. The smallest absolute Gasteiger partial charge is 0.309 e. The highest BCUT2D eigenvalue weighted by molar-refractivity contribution is 5.74. The number of carbonyl (C=O) groups is 1. The van der Waals surface area contributed by atoms with Gasteiger partial charge in [0.05, 0.1) is 12.5 Å². The molecule has 15 heavy (non-hydrogen) atoms. The number of ether oxygens (including phenoxy) is 1. The summed E-state index contributed by atoms with van der Waals surface area (Å²) in [6.07, 6.45) is 2.10. The summed E-state index contributed by atoms with van der Waals surface area (Å²) in [6, 6.07) is 3.56. The molecule has 0 aliphatic rings. The van der Waals surface area contributed by atoms with Gasteiger partial charge in [-0.1, -0.05) is 6.07 Å². The van der Waals surface area contributed by atoms with E-state index in [1.54, 1.807) is 33.2 Å². The topological polar surface area (TPSA) is 59.4 Å². The van der Waals surface area contributed by atoms with Crippen LogP contribution in [0.5, 0.6) is 5.88 Å². The summed E-state index contributed by atoms with van der Waals surface area (Å²) in [5.74, 6) is -0.273. The molecular formula is C11H15NO3. The van der Waals surface area contributed by atoms with E-state index in [9.17, 15) is 4.79 Å². The number of aliphatic carboxylic acids is 1. The molecule has 4 heteroatoms. The van der Waals surface area contributed by atoms with E-state index in [1.165, 1.54) is 0 Å². The van der Waals surface area contributed by atoms with Crippen molar-refractivity contribution in [3.63, 3.8) is 0 Å². The lowest BCUT2D eigenvalue weighted by Gasteiger charge is -2.18. The van der Waals surface area contributed by atoms with Gasteiger partial charge in [0.25, 0.3) is 0 Å². The van der Waals surface area contributed by atoms with E-state index < -0.39 is 11.4 Å². The Morgan fingerprint density at radius 3 is 2.60 bits per heavy atom. The van der Waals surface area contributed by atoms with Crippen molar-refractivity contribution in [2.75, 3.05) is 7.11 Å². The number of hydrogen-bond acceptors (Lipinski definition) is 3. The number of hydrogen-bond donors (Lipinski definition) is 1. The van der Waals surface area contributed by atoms with Crippen LogP contribution >= 0.6 is 0 Å². The second-order valence-electron chi connectivity index (χ2n) is 4.07. The van der Waals surface area contributed by atoms with Gasteiger partial charge in [-0.2, -0.15) is 0 Å². The van der Waals surface area contributed by atoms with Gasteiger partial charge in [0, 0.05) is 12.3 Å². The molecule has 1 N–H and O–H groups in total. The predicted molar refractivity (Wildman–Crippen MR) is 55.9 cm³/mol. The SMILES string of the molecule is COc1ccc(CC(C)(C)C(=O)O)cn1. The van der Waals surface area contributed by atoms with Crippen molar-refractivity contribution in [1.82, 2.24) is 4.98 Å². The Balaban J connectivity index is 2.77. The molecule has 0 bridgehead atoms. The van der Waals surface area contributed by atoms with Crippen LogP contribution in [-0.4, -0.2) is 23.2 Å². The van der Waals surface area contributed by atoms with E-state index >= 15 is 0 Å². The molecule has 0 amide bonds. The number of carboxylic acid groups (broad SMARTS) is 1. The Labute approximate surface area is 88.9 Å². The van der Waals surface area contributed by atoms with Gasteiger partial charge in [-0.25, -0.2) is 4.98 Å². The van der Waals surface area contributed by atoms with Gasteiger partial charge < -0.3 is 9.84 Å². The number of nitrogens with zero attached hydrogens (tertiary/aromatic N) is 1. The third-order valence-corrected chi connectivity index (χ3v) is 2.23. The quantitative estimate of drug-likeness (QED) is 0.820. The highest BCUT2D eigenvalue weighted by Gasteiger charge is 2.27. The molecule has 4 nitrogen and oxygen atoms in total. The van der Waals surface area contributed by atoms with Crippen molar-refractivity contribution >= 4 is 5.97 Å². The van der Waals surface area contributed by atoms with Crippen molar-refractivity contribution in [2.45, 2.75) is 20.3 Å². The number of rotatable bonds is 4. The molecule has 0 saturated carbocycles. The van der Waals surface area contributed by atoms with Crippen molar-refractivity contribution < 1.29 is 14.6 Å². The lowest BCUT2D eigenvalue weighted by Crippen LogP contribution is -2.26. The fraction of sp³-hybridized carbons (Fsp3) is 0.455. The fourth-order valence-electron chi connectivity index (χ4n) is 1.22. The second kappa shape index (κ2) is 4.29. The zero-order valence-corrected chi connectivity index (χ0v) is 9.15. The first-order valence-corrected chi connectivity index (χ1v) is 4.68. The highest BCUT2D eigenvalue weighted by Crippen LogP contribution is 2.22. The molecule has 0 spiro atoms. The zero-order chi connectivity index (χ0) is 11.5. The Hall–Kier alpha value is -1.58. The van der Waals surface area contributed by atoms with Crippen molar-refractivity contribution in [2.24, 2.45) is 5.41 Å². The summed E-state index contributed by atoms with van der Waals surface area (Å²) >= 11 is 0. The van der Waals surface area contributed by atoms with Crippen molar-refractivity contribution in [1.29, 1.82) is 0 Å². The molecule has 0 aliphatic heterocycles. The molecule has 0 saturated heterocycles. The summed E-state index contributed by atoms with van der Waals surface area (Å²) < 4.78 is 4.92. The predicted octanol–water partition coefficient (Wildman–Crippen LogP) is 1.74. The van der Waals surface area contributed by atoms with Crippen LogP contribution in [0.25, 0.3) is 0 Å². The maximum absolute atomic E-state index is 10.9. The Bertz CT molecular complexity index is 343. The maximum atomic E-state index is 10.9. The van der Waals surface area contributed by atoms with E-state index in [1.807, 2.05) is 6.07 Å². The van der Waals surface area contributed by atoms with Crippen LogP contribution in [0.2, 0.25) is 0 Å². The second-order valence-corrected chi connectivity index (χ2v) is 4.07. The molecule has 0 radical (unpaired) electrons. The summed E-state index contributed by atoms with van der Waals surface area (Å²) in [4.78, 5) is 14.9. The average molecular weight is 209 g/mol. The van der Waals surface area contributed by atoms with Crippen LogP contribution in [0, 0.1) is 5.41 Å². The van der Waals surface area contributed by atoms with Crippen LogP contribution < -0.4 is 4.74 Å². The van der Waals surface area contributed by atoms with Crippen LogP contribution in [0.15, 0.2) is 18.3 Å². The minimum atomic E-state index is -0.807. The fourth-order valence-corrected chi connectivity index (χ4v) is 1.22.